The van der Waals surface area contributed by atoms with Gasteiger partial charge < -0.3 is 15.8 Å². The fraction of sp³-hybridized carbons (Fsp3) is 0.524. The summed E-state index contributed by atoms with van der Waals surface area (Å²) in [5.74, 6) is 1.33. The molecule has 7 heteroatoms. The van der Waals surface area contributed by atoms with Crippen LogP contribution in [-0.4, -0.2) is 34.4 Å². The highest BCUT2D eigenvalue weighted by atomic mass is 35.5. The van der Waals surface area contributed by atoms with Crippen molar-refractivity contribution in [1.82, 2.24) is 15.1 Å². The second-order valence-corrected chi connectivity index (χ2v) is 7.74. The van der Waals surface area contributed by atoms with Crippen molar-refractivity contribution in [2.24, 2.45) is 17.6 Å². The van der Waals surface area contributed by atoms with E-state index in [4.69, 9.17) is 10.5 Å². The lowest BCUT2D eigenvalue weighted by Gasteiger charge is -2.45. The number of nitrogens with one attached hydrogen (secondary N) is 1. The molecule has 2 aromatic rings. The number of hydrogen-bond acceptors (Lipinski definition) is 4. The van der Waals surface area contributed by atoms with Gasteiger partial charge in [0.1, 0.15) is 0 Å². The van der Waals surface area contributed by atoms with Crippen LogP contribution < -0.4 is 15.8 Å². The molecule has 2 fully saturated rings. The molecule has 0 aliphatic heterocycles. The highest BCUT2D eigenvalue weighted by Crippen LogP contribution is 2.39. The molecule has 2 aliphatic rings. The number of halogens is 1. The van der Waals surface area contributed by atoms with Crippen LogP contribution in [0.3, 0.4) is 0 Å². The zero-order valence-corrected chi connectivity index (χ0v) is 17.0. The Balaban J connectivity index is 0.00000225. The maximum absolute atomic E-state index is 13.1. The molecule has 1 aromatic heterocycles. The fourth-order valence-corrected chi connectivity index (χ4v) is 4.73. The Bertz CT molecular complexity index is 781. The summed E-state index contributed by atoms with van der Waals surface area (Å²) in [6, 6.07) is 10.2. The Kier molecular flexibility index (Phi) is 6.62. The molecule has 2 atom stereocenters. The monoisotopic (exact) mass is 404 g/mol. The molecule has 2 bridgehead atoms. The van der Waals surface area contributed by atoms with Gasteiger partial charge in [-0.1, -0.05) is 24.6 Å². The third kappa shape index (κ3) is 4.18. The van der Waals surface area contributed by atoms with E-state index >= 15 is 0 Å². The van der Waals surface area contributed by atoms with Crippen LogP contribution in [0.2, 0.25) is 0 Å². The van der Waals surface area contributed by atoms with E-state index in [9.17, 15) is 4.79 Å². The minimum atomic E-state index is -0.148. The van der Waals surface area contributed by atoms with Gasteiger partial charge in [-0.15, -0.1) is 12.4 Å². The van der Waals surface area contributed by atoms with E-state index in [-0.39, 0.29) is 30.4 Å². The first-order valence-electron chi connectivity index (χ1n) is 10.00. The first-order chi connectivity index (χ1) is 13.2. The average Bonchev–Trinajstić information content (AvgIpc) is 3.08. The number of ether oxygens (including phenoxy) is 1. The van der Waals surface area contributed by atoms with Crippen LogP contribution in [0.4, 0.5) is 0 Å². The molecule has 4 rings (SSSR count). The van der Waals surface area contributed by atoms with Gasteiger partial charge in [0, 0.05) is 12.1 Å². The summed E-state index contributed by atoms with van der Waals surface area (Å²) < 4.78 is 7.40. The molecule has 1 amide bonds. The number of carbonyl (C=O) groups is 1. The second kappa shape index (κ2) is 8.97. The number of carbonyl (C=O) groups excluding carboxylic acids is 1. The maximum Gasteiger partial charge on any atom is 0.275 e. The third-order valence-corrected chi connectivity index (χ3v) is 5.89. The Hall–Kier alpha value is -2.05. The summed E-state index contributed by atoms with van der Waals surface area (Å²) in [6.45, 7) is 2.40. The molecule has 2 unspecified atom stereocenters. The molecular weight excluding hydrogens is 376 g/mol. The normalized spacial score (nSPS) is 26.2. The van der Waals surface area contributed by atoms with E-state index in [0.29, 0.717) is 29.9 Å². The minimum absolute atomic E-state index is 0. The predicted octanol–water partition coefficient (Wildman–Crippen LogP) is 3.33. The van der Waals surface area contributed by atoms with Crippen molar-refractivity contribution in [3.63, 3.8) is 0 Å². The first-order valence-corrected chi connectivity index (χ1v) is 10.00. The summed E-state index contributed by atoms with van der Waals surface area (Å²) in [4.78, 5) is 13.1. The van der Waals surface area contributed by atoms with Crippen molar-refractivity contribution in [2.45, 2.75) is 51.1 Å². The third-order valence-electron chi connectivity index (χ3n) is 5.89. The topological polar surface area (TPSA) is 82.2 Å². The number of benzene rings is 1. The minimum Gasteiger partial charge on any atom is -0.490 e. The number of fused-ring (bicyclic) bond motifs is 2. The maximum atomic E-state index is 13.1. The Morgan fingerprint density at radius 1 is 1.25 bits per heavy atom. The van der Waals surface area contributed by atoms with Crippen LogP contribution in [0, 0.1) is 11.8 Å². The molecular formula is C21H29ClN4O2. The summed E-state index contributed by atoms with van der Waals surface area (Å²) in [7, 11) is 0. The van der Waals surface area contributed by atoms with E-state index in [1.807, 2.05) is 37.3 Å². The van der Waals surface area contributed by atoms with Gasteiger partial charge in [-0.25, -0.2) is 4.68 Å². The van der Waals surface area contributed by atoms with Crippen LogP contribution >= 0.6 is 12.4 Å². The van der Waals surface area contributed by atoms with Crippen LogP contribution in [0.15, 0.2) is 36.5 Å². The number of aromatic nitrogens is 2. The van der Waals surface area contributed by atoms with E-state index in [1.54, 1.807) is 10.9 Å². The Morgan fingerprint density at radius 2 is 1.93 bits per heavy atom. The number of amides is 1. The largest absolute Gasteiger partial charge is 0.490 e. The lowest BCUT2D eigenvalue weighted by Crippen LogP contribution is -2.53. The predicted molar refractivity (Wildman–Crippen MR) is 111 cm³/mol. The molecule has 1 heterocycles. The van der Waals surface area contributed by atoms with Gasteiger partial charge in [0.2, 0.25) is 0 Å². The molecule has 0 saturated heterocycles. The number of para-hydroxylation sites is 1. The van der Waals surface area contributed by atoms with E-state index in [0.717, 1.165) is 31.4 Å². The van der Waals surface area contributed by atoms with Gasteiger partial charge >= 0.3 is 0 Å². The summed E-state index contributed by atoms with van der Waals surface area (Å²) in [5.41, 5.74) is 7.47. The zero-order chi connectivity index (χ0) is 18.8. The lowest BCUT2D eigenvalue weighted by atomic mass is 9.67. The van der Waals surface area contributed by atoms with Crippen molar-refractivity contribution in [3.8, 4) is 11.4 Å². The molecule has 28 heavy (non-hydrogen) atoms. The van der Waals surface area contributed by atoms with Gasteiger partial charge in [-0.05, 0) is 56.6 Å². The zero-order valence-electron chi connectivity index (χ0n) is 16.2. The molecule has 1 aromatic carbocycles. The number of rotatable bonds is 5. The lowest BCUT2D eigenvalue weighted by molar-refractivity contribution is 0.0748. The van der Waals surface area contributed by atoms with Crippen molar-refractivity contribution in [3.05, 3.63) is 42.2 Å². The number of nitrogens with zero attached hydrogens (tertiary/aromatic N) is 2. The summed E-state index contributed by atoms with van der Waals surface area (Å²) in [5, 5.41) is 7.80. The van der Waals surface area contributed by atoms with Gasteiger partial charge in [-0.3, -0.25) is 4.79 Å². The van der Waals surface area contributed by atoms with E-state index < -0.39 is 0 Å². The van der Waals surface area contributed by atoms with Gasteiger partial charge in [0.05, 0.1) is 18.5 Å². The fourth-order valence-electron chi connectivity index (χ4n) is 4.73. The van der Waals surface area contributed by atoms with Crippen molar-refractivity contribution < 1.29 is 9.53 Å². The molecule has 2 saturated carbocycles. The molecule has 152 valence electrons. The summed E-state index contributed by atoms with van der Waals surface area (Å²) in [6.07, 6.45) is 7.31. The average molecular weight is 405 g/mol. The highest BCUT2D eigenvalue weighted by Gasteiger charge is 2.40. The first kappa shape index (κ1) is 20.7. The van der Waals surface area contributed by atoms with Gasteiger partial charge in [0.25, 0.3) is 5.91 Å². The SMILES string of the molecule is CCOc1cn(-c2ccccc2)nc1C(=O)NC1C2CCCC1CC(N)C2.Cl. The highest BCUT2D eigenvalue weighted by molar-refractivity contribution is 5.95. The molecule has 2 aliphatic carbocycles. The van der Waals surface area contributed by atoms with Crippen LogP contribution in [-0.2, 0) is 0 Å². The number of hydrogen-bond donors (Lipinski definition) is 2. The quantitative estimate of drug-likeness (QED) is 0.800. The van der Waals surface area contributed by atoms with Crippen LogP contribution in [0.5, 0.6) is 5.75 Å². The molecule has 6 nitrogen and oxygen atoms in total. The van der Waals surface area contributed by atoms with Crippen LogP contribution in [0.1, 0.15) is 49.5 Å². The molecule has 0 spiro atoms. The Labute approximate surface area is 172 Å². The summed E-state index contributed by atoms with van der Waals surface area (Å²) >= 11 is 0. The van der Waals surface area contributed by atoms with Gasteiger partial charge in [0.15, 0.2) is 11.4 Å². The second-order valence-electron chi connectivity index (χ2n) is 7.74. The Morgan fingerprint density at radius 3 is 2.57 bits per heavy atom. The van der Waals surface area contributed by atoms with Crippen LogP contribution in [0.25, 0.3) is 5.69 Å². The molecule has 3 N–H and O–H groups in total. The molecule has 0 radical (unpaired) electrons. The van der Waals surface area contributed by atoms with E-state index in [2.05, 4.69) is 10.4 Å². The number of nitrogens with two attached hydrogens (primary N) is 1. The standard InChI is InChI=1S/C21H28N4O2.ClH/c1-2-27-18-13-25(17-9-4-3-5-10-17)24-20(18)21(26)23-19-14-7-6-8-15(19)12-16(22)11-14;/h3-5,9-10,13-16,19H,2,6-8,11-12,22H2,1H3,(H,23,26);1H. The van der Waals surface area contributed by atoms with E-state index in [1.165, 1.54) is 6.42 Å². The van der Waals surface area contributed by atoms with Crippen molar-refractivity contribution in [1.29, 1.82) is 0 Å². The smallest absolute Gasteiger partial charge is 0.275 e. The van der Waals surface area contributed by atoms with Crippen molar-refractivity contribution >= 4 is 18.3 Å². The van der Waals surface area contributed by atoms with Gasteiger partial charge in [-0.2, -0.15) is 5.10 Å². The van der Waals surface area contributed by atoms with Crippen molar-refractivity contribution in [2.75, 3.05) is 6.61 Å².